The largest absolute Gasteiger partial charge is 0.326 e. The smallest absolute Gasteiger partial charge is 0.149 e. The fraction of sp³-hybridized carbons (Fsp3) is 0.0667. The van der Waals surface area contributed by atoms with Gasteiger partial charge in [0.2, 0.25) is 0 Å². The summed E-state index contributed by atoms with van der Waals surface area (Å²) in [5.41, 5.74) is 7.82. The van der Waals surface area contributed by atoms with Gasteiger partial charge in [0, 0.05) is 27.2 Å². The molecule has 19 heavy (non-hydrogen) atoms. The topological polar surface area (TPSA) is 62.7 Å². The lowest BCUT2D eigenvalue weighted by molar-refractivity contribution is 1.11. The molecule has 0 amide bonds. The molecule has 0 saturated carbocycles. The van der Waals surface area contributed by atoms with Crippen LogP contribution in [0.3, 0.4) is 0 Å². The Kier molecular flexibility index (Phi) is 3.00. The lowest BCUT2D eigenvalue weighted by atomic mass is 10.1. The van der Waals surface area contributed by atoms with Gasteiger partial charge in [0.15, 0.2) is 0 Å². The Morgan fingerprint density at radius 1 is 1.21 bits per heavy atom. The highest BCUT2D eigenvalue weighted by molar-refractivity contribution is 7.15. The van der Waals surface area contributed by atoms with Crippen molar-refractivity contribution in [2.75, 3.05) is 0 Å². The third kappa shape index (κ3) is 2.10. The summed E-state index contributed by atoms with van der Waals surface area (Å²) < 4.78 is 0. The van der Waals surface area contributed by atoms with Crippen LogP contribution >= 0.6 is 11.3 Å². The Hall–Kier alpha value is -2.22. The summed E-state index contributed by atoms with van der Waals surface area (Å²) in [6.07, 6.45) is 0. The molecule has 0 spiro atoms. The second kappa shape index (κ2) is 4.81. The van der Waals surface area contributed by atoms with E-state index in [-0.39, 0.29) is 0 Å². The maximum absolute atomic E-state index is 9.27. The number of nitrogens with zero attached hydrogens (tertiary/aromatic N) is 2. The highest BCUT2D eigenvalue weighted by Gasteiger charge is 2.10. The molecule has 2 N–H and O–H groups in total. The van der Waals surface area contributed by atoms with Crippen LogP contribution in [0, 0.1) is 11.3 Å². The molecule has 3 nitrogen and oxygen atoms in total. The van der Waals surface area contributed by atoms with Gasteiger partial charge < -0.3 is 5.73 Å². The third-order valence-electron chi connectivity index (χ3n) is 2.96. The molecule has 0 aliphatic carbocycles. The van der Waals surface area contributed by atoms with Crippen molar-refractivity contribution < 1.29 is 0 Å². The van der Waals surface area contributed by atoms with E-state index in [1.54, 1.807) is 11.3 Å². The average Bonchev–Trinajstić information content (AvgIpc) is 2.94. The fourth-order valence-electron chi connectivity index (χ4n) is 2.02. The summed E-state index contributed by atoms with van der Waals surface area (Å²) in [5.74, 6) is 0. The molecule has 0 bridgehead atoms. The number of para-hydroxylation sites is 1. The van der Waals surface area contributed by atoms with Crippen LogP contribution in [0.2, 0.25) is 0 Å². The normalized spacial score (nSPS) is 10.5. The first-order valence-corrected chi connectivity index (χ1v) is 6.72. The van der Waals surface area contributed by atoms with Crippen LogP contribution in [0.4, 0.5) is 0 Å². The minimum Gasteiger partial charge on any atom is -0.326 e. The lowest BCUT2D eigenvalue weighted by Crippen LogP contribution is -1.91. The maximum Gasteiger partial charge on any atom is 0.149 e. The van der Waals surface area contributed by atoms with Crippen molar-refractivity contribution in [3.8, 4) is 16.5 Å². The zero-order valence-electron chi connectivity index (χ0n) is 10.1. The van der Waals surface area contributed by atoms with Crippen molar-refractivity contribution in [1.29, 1.82) is 5.26 Å². The molecule has 4 heteroatoms. The number of nitriles is 1. The molecule has 3 rings (SSSR count). The van der Waals surface area contributed by atoms with E-state index in [9.17, 15) is 5.26 Å². The number of fused-ring (bicyclic) bond motifs is 1. The van der Waals surface area contributed by atoms with E-state index in [1.165, 1.54) is 0 Å². The standard InChI is InChI=1S/C15H11N3S/c16-8-11-5-6-15(19-11)12-7-10-3-1-2-4-13(10)18-14(12)9-17/h1-7H,8,16H2. The minimum atomic E-state index is 0.462. The van der Waals surface area contributed by atoms with Crippen LogP contribution in [0.5, 0.6) is 0 Å². The summed E-state index contributed by atoms with van der Waals surface area (Å²) >= 11 is 1.61. The van der Waals surface area contributed by atoms with Gasteiger partial charge >= 0.3 is 0 Å². The number of rotatable bonds is 2. The van der Waals surface area contributed by atoms with Crippen LogP contribution in [0.15, 0.2) is 42.5 Å². The molecule has 0 saturated heterocycles. The van der Waals surface area contributed by atoms with Crippen molar-refractivity contribution in [1.82, 2.24) is 4.98 Å². The Morgan fingerprint density at radius 2 is 2.05 bits per heavy atom. The monoisotopic (exact) mass is 265 g/mol. The summed E-state index contributed by atoms with van der Waals surface area (Å²) in [6, 6.07) is 16.0. The van der Waals surface area contributed by atoms with Crippen LogP contribution < -0.4 is 5.73 Å². The summed E-state index contributed by atoms with van der Waals surface area (Å²) in [7, 11) is 0. The second-order valence-corrected chi connectivity index (χ2v) is 5.33. The van der Waals surface area contributed by atoms with E-state index in [4.69, 9.17) is 5.73 Å². The SMILES string of the molecule is N#Cc1nc2ccccc2cc1-c1ccc(CN)s1. The Balaban J connectivity index is 2.24. The molecule has 0 aliphatic heterocycles. The molecule has 2 aromatic heterocycles. The van der Waals surface area contributed by atoms with E-state index in [1.807, 2.05) is 42.5 Å². The van der Waals surface area contributed by atoms with E-state index < -0.39 is 0 Å². The molecule has 0 unspecified atom stereocenters. The summed E-state index contributed by atoms with van der Waals surface area (Å²) in [5, 5.41) is 10.3. The third-order valence-corrected chi connectivity index (χ3v) is 4.10. The summed E-state index contributed by atoms with van der Waals surface area (Å²) in [4.78, 5) is 6.56. The van der Waals surface area contributed by atoms with Crippen LogP contribution in [-0.4, -0.2) is 4.98 Å². The average molecular weight is 265 g/mol. The van der Waals surface area contributed by atoms with Gasteiger partial charge in [0.25, 0.3) is 0 Å². The van der Waals surface area contributed by atoms with Crippen LogP contribution in [-0.2, 0) is 6.54 Å². The highest BCUT2D eigenvalue weighted by Crippen LogP contribution is 2.31. The van der Waals surface area contributed by atoms with Crippen molar-refractivity contribution >= 4 is 22.2 Å². The first-order valence-electron chi connectivity index (χ1n) is 5.91. The first kappa shape index (κ1) is 11.8. The molecule has 92 valence electrons. The highest BCUT2D eigenvalue weighted by atomic mass is 32.1. The Labute approximate surface area is 114 Å². The second-order valence-electron chi connectivity index (χ2n) is 4.16. The van der Waals surface area contributed by atoms with Crippen molar-refractivity contribution in [2.45, 2.75) is 6.54 Å². The number of thiophene rings is 1. The molecular formula is C15H11N3S. The zero-order valence-corrected chi connectivity index (χ0v) is 10.9. The minimum absolute atomic E-state index is 0.462. The Morgan fingerprint density at radius 3 is 2.79 bits per heavy atom. The first-order chi connectivity index (χ1) is 9.31. The molecule has 1 aromatic carbocycles. The quantitative estimate of drug-likeness (QED) is 0.773. The predicted octanol–water partition coefficient (Wildman–Crippen LogP) is 3.29. The molecule has 0 aliphatic rings. The lowest BCUT2D eigenvalue weighted by Gasteiger charge is -2.03. The molecular weight excluding hydrogens is 254 g/mol. The molecule has 0 atom stereocenters. The predicted molar refractivity (Wildman–Crippen MR) is 77.7 cm³/mol. The van der Waals surface area contributed by atoms with Gasteiger partial charge in [0.05, 0.1) is 5.52 Å². The Bertz CT molecular complexity index is 783. The molecule has 0 fully saturated rings. The number of hydrogen-bond acceptors (Lipinski definition) is 4. The van der Waals surface area contributed by atoms with E-state index >= 15 is 0 Å². The number of benzene rings is 1. The van der Waals surface area contributed by atoms with E-state index in [0.717, 1.165) is 26.2 Å². The van der Waals surface area contributed by atoms with Gasteiger partial charge in [-0.3, -0.25) is 0 Å². The van der Waals surface area contributed by atoms with Crippen molar-refractivity contribution in [2.24, 2.45) is 5.73 Å². The number of aromatic nitrogens is 1. The van der Waals surface area contributed by atoms with Gasteiger partial charge in [0.1, 0.15) is 11.8 Å². The maximum atomic E-state index is 9.27. The van der Waals surface area contributed by atoms with Gasteiger partial charge in [-0.25, -0.2) is 4.98 Å². The van der Waals surface area contributed by atoms with Gasteiger partial charge in [-0.05, 0) is 24.3 Å². The van der Waals surface area contributed by atoms with Gasteiger partial charge in [-0.1, -0.05) is 18.2 Å². The van der Waals surface area contributed by atoms with Crippen molar-refractivity contribution in [3.63, 3.8) is 0 Å². The fourth-order valence-corrected chi connectivity index (χ4v) is 2.92. The molecule has 2 heterocycles. The van der Waals surface area contributed by atoms with E-state index in [0.29, 0.717) is 12.2 Å². The number of hydrogen-bond donors (Lipinski definition) is 1. The molecule has 0 radical (unpaired) electrons. The van der Waals surface area contributed by atoms with Gasteiger partial charge in [-0.15, -0.1) is 11.3 Å². The van der Waals surface area contributed by atoms with E-state index in [2.05, 4.69) is 11.1 Å². The summed E-state index contributed by atoms with van der Waals surface area (Å²) in [6.45, 7) is 0.521. The number of pyridine rings is 1. The molecule has 3 aromatic rings. The zero-order chi connectivity index (χ0) is 13.2. The van der Waals surface area contributed by atoms with Crippen molar-refractivity contribution in [3.05, 3.63) is 53.0 Å². The van der Waals surface area contributed by atoms with Gasteiger partial charge in [-0.2, -0.15) is 5.26 Å². The van der Waals surface area contributed by atoms with Crippen LogP contribution in [0.25, 0.3) is 21.3 Å². The number of nitrogens with two attached hydrogens (primary N) is 1. The van der Waals surface area contributed by atoms with Crippen LogP contribution in [0.1, 0.15) is 10.6 Å².